The van der Waals surface area contributed by atoms with Crippen LogP contribution in [0.4, 0.5) is 5.69 Å². The average molecular weight is 439 g/mol. The van der Waals surface area contributed by atoms with Crippen molar-refractivity contribution in [2.45, 2.75) is 18.4 Å². The summed E-state index contributed by atoms with van der Waals surface area (Å²) in [4.78, 5) is 24.2. The number of benzene rings is 3. The van der Waals surface area contributed by atoms with Crippen LogP contribution in [0.3, 0.4) is 0 Å². The Labute approximate surface area is 181 Å². The Morgan fingerprint density at radius 3 is 2.32 bits per heavy atom. The van der Waals surface area contributed by atoms with E-state index in [1.54, 1.807) is 24.3 Å². The maximum absolute atomic E-state index is 12.5. The van der Waals surface area contributed by atoms with Gasteiger partial charge in [-0.3, -0.25) is 4.79 Å². The van der Waals surface area contributed by atoms with Crippen molar-refractivity contribution in [2.75, 3.05) is 11.9 Å². The summed E-state index contributed by atoms with van der Waals surface area (Å²) >= 11 is 0. The molecule has 0 saturated carbocycles. The number of esters is 1. The average Bonchev–Trinajstić information content (AvgIpc) is 2.78. The Hall–Kier alpha value is -3.49. The zero-order chi connectivity index (χ0) is 22.3. The number of nitrogens with one attached hydrogen (secondary N) is 2. The summed E-state index contributed by atoms with van der Waals surface area (Å²) in [6.07, 6.45) is 0. The van der Waals surface area contributed by atoms with Gasteiger partial charge in [0, 0.05) is 12.2 Å². The van der Waals surface area contributed by atoms with Crippen molar-refractivity contribution in [3.8, 4) is 0 Å². The Morgan fingerprint density at radius 1 is 0.903 bits per heavy atom. The molecule has 0 radical (unpaired) electrons. The lowest BCUT2D eigenvalue weighted by Gasteiger charge is -2.09. The predicted octanol–water partition coefficient (Wildman–Crippen LogP) is 3.27. The van der Waals surface area contributed by atoms with Gasteiger partial charge in [-0.2, -0.15) is 0 Å². The number of anilines is 1. The molecule has 0 atom stereocenters. The Kier molecular flexibility index (Phi) is 7.17. The van der Waals surface area contributed by atoms with Crippen molar-refractivity contribution in [3.05, 3.63) is 95.6 Å². The Balaban J connectivity index is 1.58. The molecule has 8 heteroatoms. The third-order valence-corrected chi connectivity index (χ3v) is 5.76. The van der Waals surface area contributed by atoms with Gasteiger partial charge in [-0.1, -0.05) is 54.1 Å². The first-order chi connectivity index (χ1) is 14.8. The second-order valence-corrected chi connectivity index (χ2v) is 8.60. The fourth-order valence-corrected chi connectivity index (χ4v) is 3.76. The minimum Gasteiger partial charge on any atom is -0.452 e. The molecule has 1 amide bonds. The lowest BCUT2D eigenvalue weighted by atomic mass is 10.2. The van der Waals surface area contributed by atoms with Crippen LogP contribution < -0.4 is 10.0 Å². The lowest BCUT2D eigenvalue weighted by molar-refractivity contribution is -0.119. The van der Waals surface area contributed by atoms with Crippen LogP contribution in [0.25, 0.3) is 0 Å². The second kappa shape index (κ2) is 10.0. The number of aryl methyl sites for hydroxylation is 1. The summed E-state index contributed by atoms with van der Waals surface area (Å²) < 4.78 is 32.6. The minimum atomic E-state index is -3.83. The highest BCUT2D eigenvalue weighted by molar-refractivity contribution is 7.89. The van der Waals surface area contributed by atoms with E-state index in [-0.39, 0.29) is 17.0 Å². The van der Waals surface area contributed by atoms with E-state index in [0.29, 0.717) is 5.69 Å². The van der Waals surface area contributed by atoms with Gasteiger partial charge < -0.3 is 10.1 Å². The highest BCUT2D eigenvalue weighted by Gasteiger charge is 2.17. The first-order valence-corrected chi connectivity index (χ1v) is 11.0. The van der Waals surface area contributed by atoms with Crippen LogP contribution in [0.5, 0.6) is 0 Å². The first-order valence-electron chi connectivity index (χ1n) is 9.51. The van der Waals surface area contributed by atoms with E-state index in [1.807, 2.05) is 37.3 Å². The fraction of sp³-hybridized carbons (Fsp3) is 0.130. The van der Waals surface area contributed by atoms with Gasteiger partial charge >= 0.3 is 5.97 Å². The van der Waals surface area contributed by atoms with Gasteiger partial charge in [0.2, 0.25) is 10.0 Å². The molecule has 3 aromatic rings. The summed E-state index contributed by atoms with van der Waals surface area (Å²) in [5.41, 5.74) is 2.48. The summed E-state index contributed by atoms with van der Waals surface area (Å²) in [6, 6.07) is 21.7. The number of carbonyl (C=O) groups excluding carboxylic acids is 2. The predicted molar refractivity (Wildman–Crippen MR) is 117 cm³/mol. The van der Waals surface area contributed by atoms with Crippen molar-refractivity contribution >= 4 is 27.6 Å². The van der Waals surface area contributed by atoms with Crippen molar-refractivity contribution in [1.82, 2.24) is 4.72 Å². The van der Waals surface area contributed by atoms with Crippen molar-refractivity contribution in [1.29, 1.82) is 0 Å². The second-order valence-electron chi connectivity index (χ2n) is 6.83. The van der Waals surface area contributed by atoms with Crippen LogP contribution in [-0.4, -0.2) is 26.9 Å². The van der Waals surface area contributed by atoms with E-state index in [9.17, 15) is 18.0 Å². The summed E-state index contributed by atoms with van der Waals surface area (Å²) in [6.45, 7) is 1.56. The molecule has 0 unspecified atom stereocenters. The molecule has 3 rings (SSSR count). The molecule has 2 N–H and O–H groups in total. The van der Waals surface area contributed by atoms with Crippen LogP contribution in [0.15, 0.2) is 83.8 Å². The molecule has 0 bridgehead atoms. The van der Waals surface area contributed by atoms with Crippen LogP contribution in [0, 0.1) is 6.92 Å². The van der Waals surface area contributed by atoms with E-state index < -0.39 is 28.5 Å². The maximum Gasteiger partial charge on any atom is 0.338 e. The van der Waals surface area contributed by atoms with E-state index >= 15 is 0 Å². The molecule has 0 aliphatic rings. The van der Waals surface area contributed by atoms with Gasteiger partial charge in [-0.15, -0.1) is 0 Å². The number of rotatable bonds is 8. The normalized spacial score (nSPS) is 11.0. The van der Waals surface area contributed by atoms with Gasteiger partial charge in [0.1, 0.15) is 0 Å². The number of carbonyl (C=O) groups is 2. The van der Waals surface area contributed by atoms with Gasteiger partial charge in [-0.05, 0) is 42.8 Å². The molecule has 7 nitrogen and oxygen atoms in total. The van der Waals surface area contributed by atoms with E-state index in [2.05, 4.69) is 10.0 Å². The zero-order valence-electron chi connectivity index (χ0n) is 16.9. The fourth-order valence-electron chi connectivity index (χ4n) is 2.70. The topological polar surface area (TPSA) is 102 Å². The molecule has 0 heterocycles. The number of hydrogen-bond acceptors (Lipinski definition) is 5. The summed E-state index contributed by atoms with van der Waals surface area (Å²) in [7, 11) is -3.83. The molecular formula is C23H22N2O5S. The lowest BCUT2D eigenvalue weighted by Crippen LogP contribution is -2.24. The van der Waals surface area contributed by atoms with Crippen LogP contribution in [0.2, 0.25) is 0 Å². The largest absolute Gasteiger partial charge is 0.452 e. The maximum atomic E-state index is 12.5. The van der Waals surface area contributed by atoms with Crippen molar-refractivity contribution < 1.29 is 22.7 Å². The van der Waals surface area contributed by atoms with Gasteiger partial charge in [0.25, 0.3) is 5.91 Å². The van der Waals surface area contributed by atoms with Gasteiger partial charge in [0.05, 0.1) is 10.5 Å². The quantitative estimate of drug-likeness (QED) is 0.526. The monoisotopic (exact) mass is 438 g/mol. The van der Waals surface area contributed by atoms with Crippen LogP contribution in [0.1, 0.15) is 21.5 Å². The van der Waals surface area contributed by atoms with E-state index in [1.165, 1.54) is 24.3 Å². The third-order valence-electron chi connectivity index (χ3n) is 4.36. The highest BCUT2D eigenvalue weighted by atomic mass is 32.2. The standard InChI is InChI=1S/C23H22N2O5S/c1-17-10-12-20(13-11-17)25-22(26)16-30-23(27)19-8-5-9-21(14-19)31(28,29)24-15-18-6-3-2-4-7-18/h2-14,24H,15-16H2,1H3,(H,25,26). The highest BCUT2D eigenvalue weighted by Crippen LogP contribution is 2.14. The Morgan fingerprint density at radius 2 is 1.61 bits per heavy atom. The SMILES string of the molecule is Cc1ccc(NC(=O)COC(=O)c2cccc(S(=O)(=O)NCc3ccccc3)c2)cc1. The molecule has 0 fully saturated rings. The minimum absolute atomic E-state index is 0.0331. The number of amides is 1. The smallest absolute Gasteiger partial charge is 0.338 e. The third kappa shape index (κ3) is 6.50. The van der Waals surface area contributed by atoms with Crippen molar-refractivity contribution in [3.63, 3.8) is 0 Å². The number of hydrogen-bond donors (Lipinski definition) is 2. The molecule has 0 saturated heterocycles. The Bertz CT molecular complexity index is 1160. The number of sulfonamides is 1. The van der Waals surface area contributed by atoms with Crippen molar-refractivity contribution in [2.24, 2.45) is 0 Å². The molecular weight excluding hydrogens is 416 g/mol. The molecule has 0 spiro atoms. The zero-order valence-corrected chi connectivity index (χ0v) is 17.7. The number of ether oxygens (including phenoxy) is 1. The van der Waals surface area contributed by atoms with Gasteiger partial charge in [-0.25, -0.2) is 17.9 Å². The van der Waals surface area contributed by atoms with Gasteiger partial charge in [0.15, 0.2) is 6.61 Å². The molecule has 0 aromatic heterocycles. The van der Waals surface area contributed by atoms with Crippen LogP contribution >= 0.6 is 0 Å². The molecule has 0 aliphatic heterocycles. The van der Waals surface area contributed by atoms with E-state index in [0.717, 1.165) is 11.1 Å². The van der Waals surface area contributed by atoms with Crippen LogP contribution in [-0.2, 0) is 26.1 Å². The summed E-state index contributed by atoms with van der Waals surface area (Å²) in [5.74, 6) is -1.29. The molecule has 0 aliphatic carbocycles. The first kappa shape index (κ1) is 22.2. The molecule has 31 heavy (non-hydrogen) atoms. The van der Waals surface area contributed by atoms with E-state index in [4.69, 9.17) is 4.74 Å². The molecule has 3 aromatic carbocycles. The molecule has 160 valence electrons. The summed E-state index contributed by atoms with van der Waals surface area (Å²) in [5, 5.41) is 2.62.